The van der Waals surface area contributed by atoms with Crippen molar-refractivity contribution in [2.45, 2.75) is 13.5 Å². The lowest BCUT2D eigenvalue weighted by Gasteiger charge is -2.05. The third-order valence-corrected chi connectivity index (χ3v) is 4.75. The lowest BCUT2D eigenvalue weighted by molar-refractivity contribution is 0.0477. The second-order valence-electron chi connectivity index (χ2n) is 5.48. The number of furan rings is 1. The highest BCUT2D eigenvalue weighted by molar-refractivity contribution is 7.18. The lowest BCUT2D eigenvalue weighted by Crippen LogP contribution is -2.09. The van der Waals surface area contributed by atoms with Gasteiger partial charge >= 0.3 is 5.97 Å². The summed E-state index contributed by atoms with van der Waals surface area (Å²) in [6.07, 6.45) is 1.43. The summed E-state index contributed by atoms with van der Waals surface area (Å²) in [5, 5.41) is 3.27. The van der Waals surface area contributed by atoms with Gasteiger partial charge in [-0.05, 0) is 48.4 Å². The second kappa shape index (κ2) is 7.88. The average Bonchev–Trinajstić information content (AvgIpc) is 3.30. The predicted octanol–water partition coefficient (Wildman–Crippen LogP) is 4.27. The maximum absolute atomic E-state index is 12.3. The second-order valence-corrected chi connectivity index (χ2v) is 6.53. The number of carbonyl (C=O) groups is 2. The number of anilines is 1. The minimum Gasteiger partial charge on any atom is -0.497 e. The molecule has 1 aromatic carbocycles. The van der Waals surface area contributed by atoms with E-state index in [0.29, 0.717) is 9.88 Å². The Balaban J connectivity index is 1.62. The molecule has 0 fully saturated rings. The molecule has 3 rings (SSSR count). The van der Waals surface area contributed by atoms with E-state index in [1.807, 2.05) is 24.3 Å². The number of hydrogen-bond donors (Lipinski definition) is 1. The lowest BCUT2D eigenvalue weighted by atomic mass is 10.2. The highest BCUT2D eigenvalue weighted by Crippen LogP contribution is 2.28. The van der Waals surface area contributed by atoms with E-state index < -0.39 is 5.97 Å². The molecular weight excluding hydrogens is 354 g/mol. The molecule has 0 unspecified atom stereocenters. The first-order valence-corrected chi connectivity index (χ1v) is 8.64. The maximum atomic E-state index is 12.3. The number of aryl methyl sites for hydroxylation is 1. The molecule has 0 aliphatic carbocycles. The Labute approximate surface area is 154 Å². The van der Waals surface area contributed by atoms with Crippen LogP contribution in [0.15, 0.2) is 53.1 Å². The Kier molecular flexibility index (Phi) is 5.38. The summed E-state index contributed by atoms with van der Waals surface area (Å²) in [6.45, 7) is 1.96. The van der Waals surface area contributed by atoms with Gasteiger partial charge in [-0.3, -0.25) is 4.79 Å². The van der Waals surface area contributed by atoms with E-state index >= 15 is 0 Å². The molecule has 0 atom stereocenters. The number of rotatable bonds is 6. The van der Waals surface area contributed by atoms with Gasteiger partial charge in [0.1, 0.15) is 17.2 Å². The Hall–Kier alpha value is -3.06. The van der Waals surface area contributed by atoms with Crippen LogP contribution < -0.4 is 10.1 Å². The molecule has 2 aromatic heterocycles. The molecule has 0 saturated carbocycles. The zero-order valence-corrected chi connectivity index (χ0v) is 15.1. The van der Waals surface area contributed by atoms with E-state index in [9.17, 15) is 9.59 Å². The summed E-state index contributed by atoms with van der Waals surface area (Å²) >= 11 is 1.17. The Morgan fingerprint density at radius 3 is 2.62 bits per heavy atom. The summed E-state index contributed by atoms with van der Waals surface area (Å²) in [4.78, 5) is 24.8. The van der Waals surface area contributed by atoms with Crippen LogP contribution in [-0.4, -0.2) is 19.0 Å². The maximum Gasteiger partial charge on any atom is 0.348 e. The van der Waals surface area contributed by atoms with Gasteiger partial charge in [0.25, 0.3) is 5.91 Å². The van der Waals surface area contributed by atoms with Crippen molar-refractivity contribution in [1.29, 1.82) is 0 Å². The molecule has 7 heteroatoms. The van der Waals surface area contributed by atoms with Crippen LogP contribution >= 0.6 is 11.3 Å². The van der Waals surface area contributed by atoms with Crippen LogP contribution in [0.3, 0.4) is 0 Å². The van der Waals surface area contributed by atoms with Gasteiger partial charge in [0.05, 0.1) is 18.4 Å². The quantitative estimate of drug-likeness (QED) is 0.655. The fourth-order valence-electron chi connectivity index (χ4n) is 2.26. The molecule has 26 heavy (non-hydrogen) atoms. The third kappa shape index (κ3) is 4.12. The van der Waals surface area contributed by atoms with E-state index in [4.69, 9.17) is 13.9 Å². The first-order valence-electron chi connectivity index (χ1n) is 7.82. The summed E-state index contributed by atoms with van der Waals surface area (Å²) < 4.78 is 15.5. The molecule has 0 bridgehead atoms. The van der Waals surface area contributed by atoms with Crippen LogP contribution in [0.5, 0.6) is 5.75 Å². The molecule has 0 aliphatic heterocycles. The Morgan fingerprint density at radius 2 is 1.96 bits per heavy atom. The number of nitrogens with one attached hydrogen (secondary N) is 1. The minimum atomic E-state index is -0.429. The minimum absolute atomic E-state index is 0.161. The Morgan fingerprint density at radius 1 is 1.19 bits per heavy atom. The first-order chi connectivity index (χ1) is 12.6. The van der Waals surface area contributed by atoms with Crippen molar-refractivity contribution in [3.05, 3.63) is 70.5 Å². The summed E-state index contributed by atoms with van der Waals surface area (Å²) in [7, 11) is 1.59. The zero-order chi connectivity index (χ0) is 18.5. The van der Waals surface area contributed by atoms with Crippen LogP contribution in [0.4, 0.5) is 5.00 Å². The van der Waals surface area contributed by atoms with Crippen molar-refractivity contribution in [3.63, 3.8) is 0 Å². The number of ether oxygens (including phenoxy) is 2. The summed E-state index contributed by atoms with van der Waals surface area (Å²) in [5.74, 6) is 0.155. The number of thiophene rings is 1. The molecule has 1 N–H and O–H groups in total. The fraction of sp³-hybridized carbons (Fsp3) is 0.158. The van der Waals surface area contributed by atoms with Crippen LogP contribution in [0, 0.1) is 6.92 Å². The third-order valence-electron chi connectivity index (χ3n) is 3.61. The van der Waals surface area contributed by atoms with Crippen molar-refractivity contribution in [2.75, 3.05) is 12.4 Å². The van der Waals surface area contributed by atoms with Crippen molar-refractivity contribution >= 4 is 28.2 Å². The van der Waals surface area contributed by atoms with Gasteiger partial charge in [0, 0.05) is 0 Å². The average molecular weight is 371 g/mol. The molecule has 0 aliphatic rings. The topological polar surface area (TPSA) is 77.8 Å². The van der Waals surface area contributed by atoms with Gasteiger partial charge < -0.3 is 19.2 Å². The van der Waals surface area contributed by atoms with Crippen LogP contribution in [0.2, 0.25) is 0 Å². The van der Waals surface area contributed by atoms with Crippen molar-refractivity contribution in [1.82, 2.24) is 0 Å². The molecular formula is C19H17NO5S. The number of carbonyl (C=O) groups excluding carboxylic acids is 2. The normalized spacial score (nSPS) is 10.4. The number of esters is 1. The highest BCUT2D eigenvalue weighted by atomic mass is 32.1. The van der Waals surface area contributed by atoms with Gasteiger partial charge in [-0.25, -0.2) is 4.79 Å². The first kappa shape index (κ1) is 17.8. The number of hydrogen-bond acceptors (Lipinski definition) is 6. The van der Waals surface area contributed by atoms with E-state index in [1.165, 1.54) is 17.6 Å². The molecule has 1 amide bonds. The monoisotopic (exact) mass is 371 g/mol. The SMILES string of the molecule is COc1ccc(COC(=O)c2sc(NC(=O)c3ccco3)cc2C)cc1. The van der Waals surface area contributed by atoms with E-state index in [-0.39, 0.29) is 18.3 Å². The largest absolute Gasteiger partial charge is 0.497 e. The van der Waals surface area contributed by atoms with E-state index in [2.05, 4.69) is 5.32 Å². The van der Waals surface area contributed by atoms with Crippen molar-refractivity contribution in [2.24, 2.45) is 0 Å². The molecule has 6 nitrogen and oxygen atoms in total. The van der Waals surface area contributed by atoms with E-state index in [1.54, 1.807) is 32.2 Å². The number of methoxy groups -OCH3 is 1. The van der Waals surface area contributed by atoms with Crippen LogP contribution in [0.25, 0.3) is 0 Å². The van der Waals surface area contributed by atoms with Gasteiger partial charge in [-0.1, -0.05) is 12.1 Å². The number of benzene rings is 1. The smallest absolute Gasteiger partial charge is 0.348 e. The Bertz CT molecular complexity index is 897. The predicted molar refractivity (Wildman–Crippen MR) is 97.8 cm³/mol. The molecule has 0 radical (unpaired) electrons. The van der Waals surface area contributed by atoms with E-state index in [0.717, 1.165) is 16.9 Å². The molecule has 2 heterocycles. The molecule has 0 spiro atoms. The molecule has 3 aromatic rings. The number of amides is 1. The van der Waals surface area contributed by atoms with Gasteiger partial charge in [-0.2, -0.15) is 0 Å². The van der Waals surface area contributed by atoms with Gasteiger partial charge in [0.2, 0.25) is 0 Å². The standard InChI is InChI=1S/C19H17NO5S/c1-12-10-16(20-18(21)15-4-3-9-24-15)26-17(12)19(22)25-11-13-5-7-14(23-2)8-6-13/h3-10H,11H2,1-2H3,(H,20,21). The van der Waals surface area contributed by atoms with Crippen molar-refractivity contribution in [3.8, 4) is 5.75 Å². The summed E-state index contributed by atoms with van der Waals surface area (Å²) in [5.41, 5.74) is 1.60. The zero-order valence-electron chi connectivity index (χ0n) is 14.3. The molecule has 0 saturated heterocycles. The fourth-order valence-corrected chi connectivity index (χ4v) is 3.23. The van der Waals surface area contributed by atoms with Gasteiger partial charge in [0.15, 0.2) is 5.76 Å². The van der Waals surface area contributed by atoms with Gasteiger partial charge in [-0.15, -0.1) is 11.3 Å². The van der Waals surface area contributed by atoms with Crippen LogP contribution in [-0.2, 0) is 11.3 Å². The molecule has 134 valence electrons. The summed E-state index contributed by atoms with van der Waals surface area (Å²) in [6, 6.07) is 12.2. The van der Waals surface area contributed by atoms with Crippen LogP contribution in [0.1, 0.15) is 31.4 Å². The highest BCUT2D eigenvalue weighted by Gasteiger charge is 2.17. The van der Waals surface area contributed by atoms with Crippen molar-refractivity contribution < 1.29 is 23.5 Å².